The number of anilines is 3. The number of halogens is 2. The predicted octanol–water partition coefficient (Wildman–Crippen LogP) is 5.32. The monoisotopic (exact) mass is 478 g/mol. The van der Waals surface area contributed by atoms with Crippen LogP contribution < -0.4 is 21.9 Å². The van der Waals surface area contributed by atoms with Crippen LogP contribution >= 0.6 is 23.2 Å². The first-order valence-corrected chi connectivity index (χ1v) is 10.8. The maximum atomic E-state index is 12.5. The van der Waals surface area contributed by atoms with Crippen molar-refractivity contribution < 1.29 is 4.79 Å². The number of carbonyl (C=O) groups is 1. The molecule has 0 spiro atoms. The number of rotatable bonds is 7. The molecule has 0 aliphatic carbocycles. The van der Waals surface area contributed by atoms with E-state index in [1.165, 1.54) is 18.5 Å². The van der Waals surface area contributed by atoms with Gasteiger partial charge in [0.05, 0.1) is 16.6 Å². The number of amides is 1. The van der Waals surface area contributed by atoms with Gasteiger partial charge in [-0.2, -0.15) is 0 Å². The number of hydrogen-bond acceptors (Lipinski definition) is 6. The molecule has 0 fully saturated rings. The quantitative estimate of drug-likeness (QED) is 0.267. The second-order valence-electron chi connectivity index (χ2n) is 7.09. The third kappa shape index (κ3) is 5.34. The van der Waals surface area contributed by atoms with Gasteiger partial charge >= 0.3 is 0 Å². The van der Waals surface area contributed by atoms with E-state index in [0.717, 1.165) is 11.1 Å². The molecule has 3 aromatic carbocycles. The molecule has 0 bridgehead atoms. The molecule has 5 N–H and O–H groups in total. The Kier molecular flexibility index (Phi) is 6.92. The van der Waals surface area contributed by atoms with Crippen LogP contribution in [0.5, 0.6) is 0 Å². The second kappa shape index (κ2) is 10.2. The predicted molar refractivity (Wildman–Crippen MR) is 132 cm³/mol. The minimum atomic E-state index is -0.462. The standard InChI is InChI=1S/C24H20Cl2N6O/c25-17-11-12-18(19(26)13-17)24(33)32-31-23-20(27)22(28-14-29-23)30-21(15-7-3-1-4-8-15)16-9-5-2-6-10-16/h1-14,21H,27H2,(H,32,33)(H2,28,29,30,31). The van der Waals surface area contributed by atoms with Crippen LogP contribution in [0.4, 0.5) is 17.3 Å². The average molecular weight is 479 g/mol. The maximum absolute atomic E-state index is 12.5. The van der Waals surface area contributed by atoms with E-state index in [2.05, 4.69) is 26.1 Å². The van der Waals surface area contributed by atoms with Crippen LogP contribution in [0.3, 0.4) is 0 Å². The summed E-state index contributed by atoms with van der Waals surface area (Å²) in [6.07, 6.45) is 1.36. The molecule has 1 heterocycles. The fraction of sp³-hybridized carbons (Fsp3) is 0.0417. The van der Waals surface area contributed by atoms with Gasteiger partial charge in [0.25, 0.3) is 5.91 Å². The molecule has 1 aromatic heterocycles. The molecule has 0 aliphatic heterocycles. The number of nitrogen functional groups attached to an aromatic ring is 1. The van der Waals surface area contributed by atoms with Gasteiger partial charge in [0.2, 0.25) is 0 Å². The Balaban J connectivity index is 1.55. The first-order valence-electron chi connectivity index (χ1n) is 10.0. The first kappa shape index (κ1) is 22.4. The number of aromatic nitrogens is 2. The first-order chi connectivity index (χ1) is 16.0. The van der Waals surface area contributed by atoms with E-state index in [1.54, 1.807) is 6.07 Å². The molecule has 33 heavy (non-hydrogen) atoms. The minimum Gasteiger partial charge on any atom is -0.393 e. The summed E-state index contributed by atoms with van der Waals surface area (Å²) in [5, 5.41) is 4.06. The highest BCUT2D eigenvalue weighted by Crippen LogP contribution is 2.30. The van der Waals surface area contributed by atoms with Gasteiger partial charge in [-0.05, 0) is 29.3 Å². The number of hydrogen-bond donors (Lipinski definition) is 4. The lowest BCUT2D eigenvalue weighted by molar-refractivity contribution is 0.0962. The van der Waals surface area contributed by atoms with Crippen molar-refractivity contribution in [2.45, 2.75) is 6.04 Å². The normalized spacial score (nSPS) is 10.6. The van der Waals surface area contributed by atoms with Gasteiger partial charge in [0.15, 0.2) is 11.6 Å². The van der Waals surface area contributed by atoms with E-state index in [-0.39, 0.29) is 28.1 Å². The van der Waals surface area contributed by atoms with E-state index in [9.17, 15) is 4.79 Å². The highest BCUT2D eigenvalue weighted by molar-refractivity contribution is 6.36. The van der Waals surface area contributed by atoms with E-state index in [4.69, 9.17) is 28.9 Å². The second-order valence-corrected chi connectivity index (χ2v) is 7.93. The number of nitrogens with one attached hydrogen (secondary N) is 3. The zero-order valence-corrected chi connectivity index (χ0v) is 18.8. The molecule has 0 saturated heterocycles. The van der Waals surface area contributed by atoms with E-state index < -0.39 is 5.91 Å². The summed E-state index contributed by atoms with van der Waals surface area (Å²) in [5.74, 6) is 0.199. The third-order valence-corrected chi connectivity index (χ3v) is 5.45. The van der Waals surface area contributed by atoms with Crippen molar-refractivity contribution in [3.8, 4) is 0 Å². The fourth-order valence-corrected chi connectivity index (χ4v) is 3.75. The Morgan fingerprint density at radius 3 is 2.06 bits per heavy atom. The van der Waals surface area contributed by atoms with Crippen LogP contribution in [0.25, 0.3) is 0 Å². The zero-order valence-electron chi connectivity index (χ0n) is 17.3. The van der Waals surface area contributed by atoms with Gasteiger partial charge in [-0.1, -0.05) is 83.9 Å². The molecule has 0 radical (unpaired) electrons. The molecule has 166 valence electrons. The van der Waals surface area contributed by atoms with Crippen LogP contribution in [0.15, 0.2) is 85.2 Å². The lowest BCUT2D eigenvalue weighted by Crippen LogP contribution is -2.30. The molecular formula is C24H20Cl2N6O. The van der Waals surface area contributed by atoms with E-state index >= 15 is 0 Å². The highest BCUT2D eigenvalue weighted by Gasteiger charge is 2.18. The van der Waals surface area contributed by atoms with Crippen molar-refractivity contribution in [1.29, 1.82) is 0 Å². The molecule has 4 rings (SSSR count). The highest BCUT2D eigenvalue weighted by atomic mass is 35.5. The summed E-state index contributed by atoms with van der Waals surface area (Å²) in [6.45, 7) is 0. The smallest absolute Gasteiger partial charge is 0.271 e. The number of hydrazine groups is 1. The van der Waals surface area contributed by atoms with Crippen molar-refractivity contribution in [3.05, 3.63) is 112 Å². The average Bonchev–Trinajstić information content (AvgIpc) is 2.83. The Morgan fingerprint density at radius 2 is 1.45 bits per heavy atom. The summed E-state index contributed by atoms with van der Waals surface area (Å²) < 4.78 is 0. The fourth-order valence-electron chi connectivity index (χ4n) is 3.25. The zero-order chi connectivity index (χ0) is 23.2. The van der Waals surface area contributed by atoms with Gasteiger partial charge in [-0.3, -0.25) is 15.6 Å². The lowest BCUT2D eigenvalue weighted by atomic mass is 9.99. The molecule has 0 aliphatic rings. The summed E-state index contributed by atoms with van der Waals surface area (Å²) in [7, 11) is 0. The number of benzene rings is 3. The molecule has 0 unspecified atom stereocenters. The van der Waals surface area contributed by atoms with Crippen molar-refractivity contribution in [1.82, 2.24) is 15.4 Å². The molecule has 4 aromatic rings. The summed E-state index contributed by atoms with van der Waals surface area (Å²) in [4.78, 5) is 20.9. The largest absolute Gasteiger partial charge is 0.393 e. The number of carbonyl (C=O) groups excluding carboxylic acids is 1. The van der Waals surface area contributed by atoms with Gasteiger partial charge in [-0.15, -0.1) is 0 Å². The van der Waals surface area contributed by atoms with E-state index in [0.29, 0.717) is 10.8 Å². The Hall–Kier alpha value is -3.81. The Morgan fingerprint density at radius 1 is 0.848 bits per heavy atom. The summed E-state index contributed by atoms with van der Waals surface area (Å²) >= 11 is 12.0. The topological polar surface area (TPSA) is 105 Å². The Labute approximate surface area is 200 Å². The van der Waals surface area contributed by atoms with Crippen molar-refractivity contribution in [3.63, 3.8) is 0 Å². The maximum Gasteiger partial charge on any atom is 0.271 e. The minimum absolute atomic E-state index is 0.195. The van der Waals surface area contributed by atoms with Gasteiger partial charge in [0.1, 0.15) is 12.0 Å². The van der Waals surface area contributed by atoms with Crippen LogP contribution in [0, 0.1) is 0 Å². The van der Waals surface area contributed by atoms with Crippen LogP contribution in [-0.4, -0.2) is 15.9 Å². The molecule has 0 atom stereocenters. The van der Waals surface area contributed by atoms with Crippen LogP contribution in [-0.2, 0) is 0 Å². The van der Waals surface area contributed by atoms with Gasteiger partial charge < -0.3 is 11.1 Å². The number of nitrogens with zero attached hydrogens (tertiary/aromatic N) is 2. The SMILES string of the molecule is Nc1c(NNC(=O)c2ccc(Cl)cc2Cl)ncnc1NC(c1ccccc1)c1ccccc1. The Bertz CT molecular complexity index is 1220. The van der Waals surface area contributed by atoms with Crippen LogP contribution in [0.2, 0.25) is 10.0 Å². The lowest BCUT2D eigenvalue weighted by Gasteiger charge is -2.22. The van der Waals surface area contributed by atoms with E-state index in [1.807, 2.05) is 60.7 Å². The molecular weight excluding hydrogens is 459 g/mol. The summed E-state index contributed by atoms with van der Waals surface area (Å²) in [6, 6.07) is 24.3. The summed E-state index contributed by atoms with van der Waals surface area (Å²) in [5.41, 5.74) is 14.2. The van der Waals surface area contributed by atoms with Crippen molar-refractivity contribution >= 4 is 46.4 Å². The van der Waals surface area contributed by atoms with Crippen molar-refractivity contribution in [2.75, 3.05) is 16.5 Å². The van der Waals surface area contributed by atoms with Gasteiger partial charge in [0, 0.05) is 5.02 Å². The third-order valence-electron chi connectivity index (χ3n) is 4.90. The molecule has 7 nitrogen and oxygen atoms in total. The molecule has 0 saturated carbocycles. The number of nitrogens with two attached hydrogens (primary N) is 1. The molecule has 9 heteroatoms. The molecule has 1 amide bonds. The van der Waals surface area contributed by atoms with Crippen LogP contribution in [0.1, 0.15) is 27.5 Å². The van der Waals surface area contributed by atoms with Crippen molar-refractivity contribution in [2.24, 2.45) is 0 Å². The van der Waals surface area contributed by atoms with Gasteiger partial charge in [-0.25, -0.2) is 9.97 Å².